The van der Waals surface area contributed by atoms with Crippen molar-refractivity contribution in [3.8, 4) is 11.5 Å². The maximum absolute atomic E-state index is 13.0. The Morgan fingerprint density at radius 2 is 1.71 bits per heavy atom. The highest BCUT2D eigenvalue weighted by Crippen LogP contribution is 2.31. The normalized spacial score (nSPS) is 15.2. The molecule has 1 saturated heterocycles. The molecule has 0 saturated carbocycles. The van der Waals surface area contributed by atoms with Gasteiger partial charge in [0.2, 0.25) is 5.91 Å². The zero-order chi connectivity index (χ0) is 22.4. The lowest BCUT2D eigenvalue weighted by atomic mass is 9.85. The van der Waals surface area contributed by atoms with Gasteiger partial charge in [0, 0.05) is 30.8 Å². The van der Waals surface area contributed by atoms with Gasteiger partial charge in [0.05, 0.1) is 19.9 Å². The SMILES string of the molecule is COc1ccc(NC(=O)[C@@H](C)C2CCN(C(=O)Nc3ccc(F)cc3)CC2)c(OC)c1. The third-order valence-corrected chi connectivity index (χ3v) is 5.71. The molecule has 0 bridgehead atoms. The number of ether oxygens (including phenoxy) is 2. The first-order chi connectivity index (χ1) is 14.9. The smallest absolute Gasteiger partial charge is 0.321 e. The second-order valence-corrected chi connectivity index (χ2v) is 7.61. The van der Waals surface area contributed by atoms with E-state index < -0.39 is 0 Å². The Bertz CT molecular complexity index is 912. The minimum atomic E-state index is -0.349. The number of hydrogen-bond acceptors (Lipinski definition) is 4. The molecule has 8 heteroatoms. The first-order valence-electron chi connectivity index (χ1n) is 10.3. The number of piperidine rings is 1. The summed E-state index contributed by atoms with van der Waals surface area (Å²) in [4.78, 5) is 27.0. The average Bonchev–Trinajstić information content (AvgIpc) is 2.80. The van der Waals surface area contributed by atoms with Crippen molar-refractivity contribution in [3.05, 3.63) is 48.3 Å². The van der Waals surface area contributed by atoms with Gasteiger partial charge in [0.15, 0.2) is 0 Å². The van der Waals surface area contributed by atoms with Crippen molar-refractivity contribution in [3.63, 3.8) is 0 Å². The Morgan fingerprint density at radius 1 is 1.03 bits per heavy atom. The van der Waals surface area contributed by atoms with Crippen LogP contribution >= 0.6 is 0 Å². The summed E-state index contributed by atoms with van der Waals surface area (Å²) in [6, 6.07) is 10.7. The van der Waals surface area contributed by atoms with Crippen LogP contribution in [0.15, 0.2) is 42.5 Å². The van der Waals surface area contributed by atoms with Crippen LogP contribution in [-0.4, -0.2) is 44.1 Å². The molecule has 0 radical (unpaired) electrons. The summed E-state index contributed by atoms with van der Waals surface area (Å²) in [5.41, 5.74) is 1.14. The van der Waals surface area contributed by atoms with Crippen molar-refractivity contribution in [1.29, 1.82) is 0 Å². The lowest BCUT2D eigenvalue weighted by Crippen LogP contribution is -2.43. The number of amides is 3. The Labute approximate surface area is 181 Å². The van der Waals surface area contributed by atoms with Gasteiger partial charge in [0.1, 0.15) is 17.3 Å². The quantitative estimate of drug-likeness (QED) is 0.715. The van der Waals surface area contributed by atoms with E-state index in [1.807, 2.05) is 6.92 Å². The predicted molar refractivity (Wildman–Crippen MR) is 117 cm³/mol. The number of methoxy groups -OCH3 is 2. The van der Waals surface area contributed by atoms with Crippen molar-refractivity contribution < 1.29 is 23.5 Å². The van der Waals surface area contributed by atoms with Crippen molar-refractivity contribution in [2.24, 2.45) is 11.8 Å². The van der Waals surface area contributed by atoms with Crippen LogP contribution in [0.3, 0.4) is 0 Å². The summed E-state index contributed by atoms with van der Waals surface area (Å²) in [7, 11) is 3.11. The van der Waals surface area contributed by atoms with Crippen molar-refractivity contribution >= 4 is 23.3 Å². The number of nitrogens with one attached hydrogen (secondary N) is 2. The first-order valence-corrected chi connectivity index (χ1v) is 10.3. The maximum Gasteiger partial charge on any atom is 0.321 e. The molecule has 0 aromatic heterocycles. The van der Waals surface area contributed by atoms with E-state index in [2.05, 4.69) is 10.6 Å². The lowest BCUT2D eigenvalue weighted by molar-refractivity contribution is -0.121. The number of urea groups is 1. The molecule has 1 heterocycles. The summed E-state index contributed by atoms with van der Waals surface area (Å²) < 4.78 is 23.5. The van der Waals surface area contributed by atoms with Gasteiger partial charge >= 0.3 is 6.03 Å². The molecule has 1 fully saturated rings. The Morgan fingerprint density at radius 3 is 2.32 bits per heavy atom. The van der Waals surface area contributed by atoms with Gasteiger partial charge in [-0.1, -0.05) is 6.92 Å². The molecule has 2 N–H and O–H groups in total. The number of benzene rings is 2. The van der Waals surface area contributed by atoms with Crippen LogP contribution in [0.25, 0.3) is 0 Å². The van der Waals surface area contributed by atoms with Crippen molar-refractivity contribution in [2.75, 3.05) is 37.9 Å². The molecular formula is C23H28FN3O4. The van der Waals surface area contributed by atoms with Gasteiger partial charge in [-0.15, -0.1) is 0 Å². The van der Waals surface area contributed by atoms with Gasteiger partial charge in [-0.05, 0) is 55.2 Å². The Kier molecular flexibility index (Phi) is 7.33. The number of likely N-dealkylation sites (tertiary alicyclic amines) is 1. The summed E-state index contributed by atoms with van der Waals surface area (Å²) >= 11 is 0. The minimum Gasteiger partial charge on any atom is -0.497 e. The zero-order valence-corrected chi connectivity index (χ0v) is 18.0. The molecule has 0 aliphatic carbocycles. The topological polar surface area (TPSA) is 79.9 Å². The molecule has 2 aromatic carbocycles. The maximum atomic E-state index is 13.0. The van der Waals surface area contributed by atoms with E-state index in [-0.39, 0.29) is 29.6 Å². The van der Waals surface area contributed by atoms with Gasteiger partial charge in [-0.2, -0.15) is 0 Å². The standard InChI is InChI=1S/C23H28FN3O4/c1-15(22(28)26-20-9-8-19(30-2)14-21(20)31-3)16-10-12-27(13-11-16)23(29)25-18-6-4-17(24)5-7-18/h4-9,14-16H,10-13H2,1-3H3,(H,25,29)(H,26,28)/t15-/m0/s1. The van der Waals surface area contributed by atoms with Crippen LogP contribution in [0.4, 0.5) is 20.6 Å². The van der Waals surface area contributed by atoms with Gasteiger partial charge < -0.3 is 25.0 Å². The van der Waals surface area contributed by atoms with Crippen LogP contribution in [0.2, 0.25) is 0 Å². The van der Waals surface area contributed by atoms with Crippen molar-refractivity contribution in [2.45, 2.75) is 19.8 Å². The molecule has 3 amide bonds. The second kappa shape index (κ2) is 10.1. The third kappa shape index (κ3) is 5.65. The summed E-state index contributed by atoms with van der Waals surface area (Å²) in [6.07, 6.45) is 1.45. The molecule has 0 spiro atoms. The monoisotopic (exact) mass is 429 g/mol. The predicted octanol–water partition coefficient (Wildman–Crippen LogP) is 4.36. The molecular weight excluding hydrogens is 401 g/mol. The zero-order valence-electron chi connectivity index (χ0n) is 18.0. The first kappa shape index (κ1) is 22.4. The lowest BCUT2D eigenvalue weighted by Gasteiger charge is -2.34. The molecule has 0 unspecified atom stereocenters. The number of hydrogen-bond donors (Lipinski definition) is 2. The highest BCUT2D eigenvalue weighted by atomic mass is 19.1. The third-order valence-electron chi connectivity index (χ3n) is 5.71. The van der Waals surface area contributed by atoms with Crippen LogP contribution in [0, 0.1) is 17.7 Å². The Hall–Kier alpha value is -3.29. The molecule has 2 aromatic rings. The number of anilines is 2. The number of carbonyl (C=O) groups is 2. The second-order valence-electron chi connectivity index (χ2n) is 7.61. The van der Waals surface area contributed by atoms with Gasteiger partial charge in [-0.3, -0.25) is 4.79 Å². The van der Waals surface area contributed by atoms with Gasteiger partial charge in [-0.25, -0.2) is 9.18 Å². The summed E-state index contributed by atoms with van der Waals surface area (Å²) in [6.45, 7) is 3.02. The molecule has 1 atom stereocenters. The molecule has 7 nitrogen and oxygen atoms in total. The number of rotatable bonds is 6. The van der Waals surface area contributed by atoms with E-state index in [4.69, 9.17) is 9.47 Å². The summed E-state index contributed by atoms with van der Waals surface area (Å²) in [5, 5.41) is 5.72. The van der Waals surface area contributed by atoms with Crippen LogP contribution in [0.5, 0.6) is 11.5 Å². The van der Waals surface area contributed by atoms with Crippen LogP contribution < -0.4 is 20.1 Å². The number of nitrogens with zero attached hydrogens (tertiary/aromatic N) is 1. The van der Waals surface area contributed by atoms with Crippen LogP contribution in [0.1, 0.15) is 19.8 Å². The van der Waals surface area contributed by atoms with E-state index in [1.54, 1.807) is 37.3 Å². The highest BCUT2D eigenvalue weighted by molar-refractivity contribution is 5.94. The molecule has 3 rings (SSSR count). The number of carbonyl (C=O) groups excluding carboxylic acids is 2. The molecule has 166 valence electrons. The average molecular weight is 429 g/mol. The fraction of sp³-hybridized carbons (Fsp3) is 0.391. The van der Waals surface area contributed by atoms with E-state index in [0.717, 1.165) is 12.8 Å². The van der Waals surface area contributed by atoms with E-state index in [9.17, 15) is 14.0 Å². The van der Waals surface area contributed by atoms with Gasteiger partial charge in [0.25, 0.3) is 0 Å². The fourth-order valence-corrected chi connectivity index (χ4v) is 3.70. The summed E-state index contributed by atoms with van der Waals surface area (Å²) in [5.74, 6) is 0.700. The van der Waals surface area contributed by atoms with E-state index >= 15 is 0 Å². The van der Waals surface area contributed by atoms with Crippen LogP contribution in [-0.2, 0) is 4.79 Å². The van der Waals surface area contributed by atoms with E-state index in [0.29, 0.717) is 36.0 Å². The largest absolute Gasteiger partial charge is 0.497 e. The molecule has 1 aliphatic heterocycles. The highest BCUT2D eigenvalue weighted by Gasteiger charge is 2.30. The van der Waals surface area contributed by atoms with Crippen molar-refractivity contribution in [1.82, 2.24) is 4.90 Å². The van der Waals surface area contributed by atoms with E-state index in [1.165, 1.54) is 24.3 Å². The number of halogens is 1. The molecule has 31 heavy (non-hydrogen) atoms. The fourth-order valence-electron chi connectivity index (χ4n) is 3.70. The minimum absolute atomic E-state index is 0.0855. The molecule has 1 aliphatic rings. The Balaban J connectivity index is 1.52.